The molecular formula is C28H27NO4S. The quantitative estimate of drug-likeness (QED) is 0.300. The average Bonchev–Trinajstić information content (AvgIpc) is 3.48. The molecule has 0 spiro atoms. The topological polar surface area (TPSA) is 59.0 Å². The minimum atomic E-state index is -0.115. The molecule has 1 aromatic heterocycles. The fourth-order valence-corrected chi connectivity index (χ4v) is 5.40. The SMILES string of the molecule is Cc1cc(O)ccc1C(=O)c1sc2ccccc2c1Oc1ccc(OCCN2CCCC2)cc1. The molecule has 3 aromatic carbocycles. The molecule has 2 heterocycles. The highest BCUT2D eigenvalue weighted by atomic mass is 32.1. The van der Waals surface area contributed by atoms with Gasteiger partial charge in [0.15, 0.2) is 5.75 Å². The van der Waals surface area contributed by atoms with Crippen LogP contribution in [0.5, 0.6) is 23.0 Å². The highest BCUT2D eigenvalue weighted by molar-refractivity contribution is 7.21. The predicted molar refractivity (Wildman–Crippen MR) is 136 cm³/mol. The van der Waals surface area contributed by atoms with Crippen LogP contribution in [-0.4, -0.2) is 42.0 Å². The second kappa shape index (κ2) is 9.87. The van der Waals surface area contributed by atoms with Gasteiger partial charge >= 0.3 is 0 Å². The van der Waals surface area contributed by atoms with Crippen LogP contribution in [0.2, 0.25) is 0 Å². The minimum Gasteiger partial charge on any atom is -0.508 e. The molecule has 34 heavy (non-hydrogen) atoms. The van der Waals surface area contributed by atoms with Crippen LogP contribution in [0.3, 0.4) is 0 Å². The molecule has 1 fully saturated rings. The Bertz CT molecular complexity index is 1310. The van der Waals surface area contributed by atoms with E-state index in [4.69, 9.17) is 9.47 Å². The summed E-state index contributed by atoms with van der Waals surface area (Å²) in [5.74, 6) is 2.03. The highest BCUT2D eigenvalue weighted by Gasteiger charge is 2.23. The number of rotatable bonds is 8. The first-order chi connectivity index (χ1) is 16.6. The van der Waals surface area contributed by atoms with Crippen molar-refractivity contribution in [1.82, 2.24) is 4.90 Å². The van der Waals surface area contributed by atoms with E-state index < -0.39 is 0 Å². The lowest BCUT2D eigenvalue weighted by atomic mass is 10.0. The molecule has 0 saturated carbocycles. The van der Waals surface area contributed by atoms with Crippen molar-refractivity contribution in [1.29, 1.82) is 0 Å². The van der Waals surface area contributed by atoms with Crippen molar-refractivity contribution in [2.24, 2.45) is 0 Å². The first-order valence-corrected chi connectivity index (χ1v) is 12.4. The summed E-state index contributed by atoms with van der Waals surface area (Å²) in [4.78, 5) is 16.4. The number of benzene rings is 3. The lowest BCUT2D eigenvalue weighted by Crippen LogP contribution is -2.25. The Kier molecular flexibility index (Phi) is 6.52. The Morgan fingerprint density at radius 1 is 1.00 bits per heavy atom. The third kappa shape index (κ3) is 4.79. The maximum atomic E-state index is 13.5. The van der Waals surface area contributed by atoms with E-state index in [9.17, 15) is 9.90 Å². The molecule has 1 saturated heterocycles. The van der Waals surface area contributed by atoms with Gasteiger partial charge in [0.1, 0.15) is 28.7 Å². The van der Waals surface area contributed by atoms with Crippen LogP contribution >= 0.6 is 11.3 Å². The van der Waals surface area contributed by atoms with E-state index in [0.29, 0.717) is 28.5 Å². The molecule has 0 atom stereocenters. The molecule has 0 unspecified atom stereocenters. The van der Waals surface area contributed by atoms with Gasteiger partial charge in [-0.05, 0) is 93.0 Å². The second-order valence-corrected chi connectivity index (χ2v) is 9.61. The molecule has 0 radical (unpaired) electrons. The number of fused-ring (bicyclic) bond motifs is 1. The van der Waals surface area contributed by atoms with Gasteiger partial charge in [-0.2, -0.15) is 0 Å². The van der Waals surface area contributed by atoms with Crippen LogP contribution in [0, 0.1) is 6.92 Å². The zero-order chi connectivity index (χ0) is 23.5. The maximum Gasteiger partial charge on any atom is 0.207 e. The molecule has 174 valence electrons. The van der Waals surface area contributed by atoms with Crippen molar-refractivity contribution in [3.8, 4) is 23.0 Å². The summed E-state index contributed by atoms with van der Waals surface area (Å²) >= 11 is 1.42. The van der Waals surface area contributed by atoms with Crippen molar-refractivity contribution in [3.63, 3.8) is 0 Å². The number of aromatic hydroxyl groups is 1. The summed E-state index contributed by atoms with van der Waals surface area (Å²) in [6.07, 6.45) is 2.56. The molecular weight excluding hydrogens is 446 g/mol. The van der Waals surface area contributed by atoms with E-state index in [1.54, 1.807) is 12.1 Å². The Morgan fingerprint density at radius 2 is 1.74 bits per heavy atom. The number of carbonyl (C=O) groups is 1. The zero-order valence-corrected chi connectivity index (χ0v) is 19.9. The third-order valence-corrected chi connectivity index (χ3v) is 7.28. The molecule has 5 nitrogen and oxygen atoms in total. The predicted octanol–water partition coefficient (Wildman–Crippen LogP) is 6.41. The van der Waals surface area contributed by atoms with Gasteiger partial charge in [-0.15, -0.1) is 11.3 Å². The highest BCUT2D eigenvalue weighted by Crippen LogP contribution is 2.42. The van der Waals surface area contributed by atoms with Crippen LogP contribution in [0.25, 0.3) is 10.1 Å². The van der Waals surface area contributed by atoms with Crippen molar-refractivity contribution in [2.45, 2.75) is 19.8 Å². The summed E-state index contributed by atoms with van der Waals surface area (Å²) in [5, 5.41) is 10.6. The molecule has 0 amide bonds. The number of likely N-dealkylation sites (tertiary alicyclic amines) is 1. The molecule has 6 heteroatoms. The summed E-state index contributed by atoms with van der Waals surface area (Å²) in [7, 11) is 0. The van der Waals surface area contributed by atoms with Gasteiger partial charge in [0, 0.05) is 22.2 Å². The van der Waals surface area contributed by atoms with Crippen LogP contribution in [0.1, 0.15) is 33.6 Å². The third-order valence-electron chi connectivity index (χ3n) is 6.13. The monoisotopic (exact) mass is 473 g/mol. The van der Waals surface area contributed by atoms with Crippen LogP contribution in [-0.2, 0) is 0 Å². The summed E-state index contributed by atoms with van der Waals surface area (Å²) in [6, 6.07) is 20.2. The fourth-order valence-electron chi connectivity index (χ4n) is 4.32. The second-order valence-electron chi connectivity index (χ2n) is 8.56. The van der Waals surface area contributed by atoms with E-state index in [1.165, 1.54) is 30.2 Å². The molecule has 5 rings (SSSR count). The minimum absolute atomic E-state index is 0.115. The van der Waals surface area contributed by atoms with Gasteiger partial charge in [-0.3, -0.25) is 9.69 Å². The van der Waals surface area contributed by atoms with Crippen LogP contribution in [0.4, 0.5) is 0 Å². The van der Waals surface area contributed by atoms with Gasteiger partial charge in [-0.25, -0.2) is 0 Å². The number of nitrogens with zero attached hydrogens (tertiary/aromatic N) is 1. The van der Waals surface area contributed by atoms with Crippen LogP contribution in [0.15, 0.2) is 66.7 Å². The van der Waals surface area contributed by atoms with Crippen LogP contribution < -0.4 is 9.47 Å². The van der Waals surface area contributed by atoms with Crippen molar-refractivity contribution < 1.29 is 19.4 Å². The standard InChI is InChI=1S/C28H27NO4S/c1-19-18-20(30)8-13-23(19)26(31)28-27(24-6-2-3-7-25(24)34-28)33-22-11-9-21(10-12-22)32-17-16-29-14-4-5-15-29/h2-3,6-13,18,30H,4-5,14-17H2,1H3. The Balaban J connectivity index is 1.37. The number of thiophene rings is 1. The first-order valence-electron chi connectivity index (χ1n) is 11.6. The normalized spacial score (nSPS) is 13.9. The smallest absolute Gasteiger partial charge is 0.207 e. The van der Waals surface area contributed by atoms with Gasteiger partial charge < -0.3 is 14.6 Å². The fraction of sp³-hybridized carbons (Fsp3) is 0.250. The molecule has 1 aliphatic heterocycles. The summed E-state index contributed by atoms with van der Waals surface area (Å²) in [5.41, 5.74) is 1.28. The Morgan fingerprint density at radius 3 is 2.50 bits per heavy atom. The lowest BCUT2D eigenvalue weighted by molar-refractivity contribution is 0.104. The van der Waals surface area contributed by atoms with Gasteiger partial charge in [0.25, 0.3) is 0 Å². The molecule has 1 aliphatic rings. The number of aryl methyl sites for hydroxylation is 1. The summed E-state index contributed by atoms with van der Waals surface area (Å²) in [6.45, 7) is 5.76. The Hall–Kier alpha value is -3.35. The van der Waals surface area contributed by atoms with Gasteiger partial charge in [0.2, 0.25) is 5.78 Å². The largest absolute Gasteiger partial charge is 0.508 e. The maximum absolute atomic E-state index is 13.5. The molecule has 1 N–H and O–H groups in total. The van der Waals surface area contributed by atoms with Crippen molar-refractivity contribution >= 4 is 27.2 Å². The number of ketones is 1. The van der Waals surface area contributed by atoms with Gasteiger partial charge in [0.05, 0.1) is 0 Å². The van der Waals surface area contributed by atoms with E-state index in [1.807, 2.05) is 55.5 Å². The van der Waals surface area contributed by atoms with E-state index in [-0.39, 0.29) is 11.5 Å². The number of hydrogen-bond donors (Lipinski definition) is 1. The Labute approximate surface area is 203 Å². The summed E-state index contributed by atoms with van der Waals surface area (Å²) < 4.78 is 13.2. The van der Waals surface area contributed by atoms with E-state index >= 15 is 0 Å². The number of phenols is 1. The van der Waals surface area contributed by atoms with Gasteiger partial charge in [-0.1, -0.05) is 12.1 Å². The van der Waals surface area contributed by atoms with E-state index in [0.717, 1.165) is 41.0 Å². The number of carbonyl (C=O) groups excluding carboxylic acids is 1. The van der Waals surface area contributed by atoms with Crippen molar-refractivity contribution in [2.75, 3.05) is 26.2 Å². The average molecular weight is 474 g/mol. The molecule has 4 aromatic rings. The first kappa shape index (κ1) is 22.4. The van der Waals surface area contributed by atoms with E-state index in [2.05, 4.69) is 4.90 Å². The number of phenolic OH excluding ortho intramolecular Hbond substituents is 1. The number of ether oxygens (including phenoxy) is 2. The zero-order valence-electron chi connectivity index (χ0n) is 19.1. The number of hydrogen-bond acceptors (Lipinski definition) is 6. The van der Waals surface area contributed by atoms with Crippen molar-refractivity contribution in [3.05, 3.63) is 82.7 Å². The molecule has 0 bridgehead atoms. The molecule has 0 aliphatic carbocycles. The lowest BCUT2D eigenvalue weighted by Gasteiger charge is -2.15.